The van der Waals surface area contributed by atoms with E-state index >= 15 is 0 Å². The zero-order valence-corrected chi connectivity index (χ0v) is 10.2. The Labute approximate surface area is 108 Å². The van der Waals surface area contributed by atoms with Gasteiger partial charge >= 0.3 is 5.97 Å². The molecular weight excluding hydrogens is 279 g/mol. The lowest BCUT2D eigenvalue weighted by molar-refractivity contribution is -0.150. The molecule has 3 N–H and O–H groups in total. The lowest BCUT2D eigenvalue weighted by Crippen LogP contribution is -2.38. The van der Waals surface area contributed by atoms with E-state index < -0.39 is 45.6 Å². The van der Waals surface area contributed by atoms with Crippen molar-refractivity contribution in [2.75, 3.05) is 5.75 Å². The van der Waals surface area contributed by atoms with Gasteiger partial charge < -0.3 is 5.11 Å². The first-order valence-electron chi connectivity index (χ1n) is 5.11. The quantitative estimate of drug-likeness (QED) is 0.560. The fourth-order valence-corrected chi connectivity index (χ4v) is 3.67. The number of hydrogen-bond acceptors (Lipinski definition) is 5. The summed E-state index contributed by atoms with van der Waals surface area (Å²) in [6.07, 6.45) is 0. The smallest absolute Gasteiger partial charge is 0.373 e. The maximum atomic E-state index is 13.1. The average molecular weight is 288 g/mol. The standard InChI is InChI=1S/C11H9FO6S/c12-5-1-2-6-8(3-5)19(17,18)4-7(9(6)13)10(14)11(15)16/h1-3,7,17-18H,4H2,(H,15,16). The lowest BCUT2D eigenvalue weighted by Gasteiger charge is -2.39. The minimum absolute atomic E-state index is 0.229. The molecule has 0 fully saturated rings. The molecule has 8 heteroatoms. The average Bonchev–Trinajstić information content (AvgIpc) is 2.33. The molecule has 0 amide bonds. The van der Waals surface area contributed by atoms with Gasteiger partial charge in [-0.2, -0.15) is 10.6 Å². The largest absolute Gasteiger partial charge is 0.475 e. The summed E-state index contributed by atoms with van der Waals surface area (Å²) in [5.41, 5.74) is -0.229. The van der Waals surface area contributed by atoms with Crippen LogP contribution in [-0.2, 0) is 9.59 Å². The number of benzene rings is 1. The van der Waals surface area contributed by atoms with E-state index in [1.807, 2.05) is 0 Å². The molecule has 0 aromatic heterocycles. The van der Waals surface area contributed by atoms with E-state index in [0.29, 0.717) is 0 Å². The molecule has 0 saturated carbocycles. The van der Waals surface area contributed by atoms with Gasteiger partial charge in [-0.25, -0.2) is 9.18 Å². The first-order valence-corrected chi connectivity index (χ1v) is 6.82. The second-order valence-electron chi connectivity index (χ2n) is 4.06. The van der Waals surface area contributed by atoms with Crippen molar-refractivity contribution in [1.82, 2.24) is 0 Å². The summed E-state index contributed by atoms with van der Waals surface area (Å²) in [7, 11) is -3.57. The monoisotopic (exact) mass is 288 g/mol. The third kappa shape index (κ3) is 2.25. The number of ketones is 2. The molecule has 102 valence electrons. The first-order chi connectivity index (χ1) is 8.74. The van der Waals surface area contributed by atoms with Crippen molar-refractivity contribution in [2.24, 2.45) is 5.92 Å². The molecule has 1 aliphatic rings. The number of carbonyl (C=O) groups excluding carboxylic acids is 2. The molecule has 6 nitrogen and oxygen atoms in total. The predicted molar refractivity (Wildman–Crippen MR) is 62.8 cm³/mol. The van der Waals surface area contributed by atoms with Gasteiger partial charge in [-0.3, -0.25) is 18.7 Å². The summed E-state index contributed by atoms with van der Waals surface area (Å²) >= 11 is 0. The van der Waals surface area contributed by atoms with Gasteiger partial charge in [-0.1, -0.05) is 0 Å². The Bertz CT molecular complexity index is 597. The third-order valence-electron chi connectivity index (χ3n) is 2.80. The fourth-order valence-electron chi connectivity index (χ4n) is 1.90. The van der Waals surface area contributed by atoms with Crippen LogP contribution in [-0.4, -0.2) is 37.5 Å². The van der Waals surface area contributed by atoms with Crippen molar-refractivity contribution in [3.8, 4) is 0 Å². The molecule has 2 rings (SSSR count). The zero-order chi connectivity index (χ0) is 14.4. The van der Waals surface area contributed by atoms with Gasteiger partial charge in [0.25, 0.3) is 5.78 Å². The molecule has 1 aliphatic heterocycles. The van der Waals surface area contributed by atoms with Crippen LogP contribution >= 0.6 is 10.6 Å². The highest BCUT2D eigenvalue weighted by Gasteiger charge is 2.43. The minimum atomic E-state index is -3.57. The van der Waals surface area contributed by atoms with Crippen LogP contribution in [0.15, 0.2) is 23.1 Å². The van der Waals surface area contributed by atoms with Crippen molar-refractivity contribution >= 4 is 28.1 Å². The molecule has 0 spiro atoms. The van der Waals surface area contributed by atoms with Gasteiger partial charge in [-0.15, -0.1) is 0 Å². The van der Waals surface area contributed by atoms with Crippen LogP contribution < -0.4 is 0 Å². The highest BCUT2D eigenvalue weighted by atomic mass is 32.3. The SMILES string of the molecule is O=C(O)C(=O)C1CS(O)(O)c2cc(F)ccc2C1=O. The highest BCUT2D eigenvalue weighted by molar-refractivity contribution is 8.24. The van der Waals surface area contributed by atoms with Crippen LogP contribution in [0.1, 0.15) is 10.4 Å². The number of hydrogen-bond donors (Lipinski definition) is 3. The van der Waals surface area contributed by atoms with Gasteiger partial charge in [0, 0.05) is 5.56 Å². The number of halogens is 1. The van der Waals surface area contributed by atoms with E-state index in [1.165, 1.54) is 0 Å². The predicted octanol–water partition coefficient (Wildman–Crippen LogP) is 1.40. The van der Waals surface area contributed by atoms with E-state index in [9.17, 15) is 27.9 Å². The van der Waals surface area contributed by atoms with Gasteiger partial charge in [0.2, 0.25) is 0 Å². The molecule has 0 saturated heterocycles. The molecule has 1 unspecified atom stereocenters. The van der Waals surface area contributed by atoms with Crippen molar-refractivity contribution in [1.29, 1.82) is 0 Å². The number of aliphatic carboxylic acids is 1. The Morgan fingerprint density at radius 2 is 1.95 bits per heavy atom. The Morgan fingerprint density at radius 1 is 1.32 bits per heavy atom. The molecule has 0 aliphatic carbocycles. The van der Waals surface area contributed by atoms with Crippen molar-refractivity contribution in [3.63, 3.8) is 0 Å². The van der Waals surface area contributed by atoms with E-state index in [2.05, 4.69) is 0 Å². The van der Waals surface area contributed by atoms with Crippen LogP contribution in [0.4, 0.5) is 4.39 Å². The number of carbonyl (C=O) groups is 3. The molecule has 0 bridgehead atoms. The third-order valence-corrected chi connectivity index (χ3v) is 4.64. The molecule has 1 heterocycles. The Morgan fingerprint density at radius 3 is 2.53 bits per heavy atom. The van der Waals surface area contributed by atoms with E-state index in [4.69, 9.17) is 5.11 Å². The summed E-state index contributed by atoms with van der Waals surface area (Å²) in [4.78, 5) is 33.6. The van der Waals surface area contributed by atoms with Crippen LogP contribution in [0.25, 0.3) is 0 Å². The van der Waals surface area contributed by atoms with Gasteiger partial charge in [0.05, 0.1) is 10.6 Å². The second kappa shape index (κ2) is 4.41. The van der Waals surface area contributed by atoms with Gasteiger partial charge in [0.15, 0.2) is 5.78 Å². The first kappa shape index (κ1) is 13.7. The Balaban J connectivity index is 2.55. The van der Waals surface area contributed by atoms with Crippen molar-refractivity contribution in [3.05, 3.63) is 29.6 Å². The number of Topliss-reactive ketones (excluding diaryl/α,β-unsaturated/α-hetero) is 2. The molecule has 0 radical (unpaired) electrons. The van der Waals surface area contributed by atoms with Crippen LogP contribution in [0.3, 0.4) is 0 Å². The Hall–Kier alpha value is -1.77. The van der Waals surface area contributed by atoms with Gasteiger partial charge in [-0.05, 0) is 18.2 Å². The van der Waals surface area contributed by atoms with E-state index in [1.54, 1.807) is 0 Å². The number of fused-ring (bicyclic) bond motifs is 1. The van der Waals surface area contributed by atoms with Crippen molar-refractivity contribution < 1.29 is 33.0 Å². The van der Waals surface area contributed by atoms with Crippen LogP contribution in [0, 0.1) is 11.7 Å². The maximum absolute atomic E-state index is 13.1. The summed E-state index contributed by atoms with van der Waals surface area (Å²) in [5.74, 6) is -7.20. The summed E-state index contributed by atoms with van der Waals surface area (Å²) < 4.78 is 32.8. The van der Waals surface area contributed by atoms with Crippen molar-refractivity contribution in [2.45, 2.75) is 4.90 Å². The summed E-state index contributed by atoms with van der Waals surface area (Å²) in [6.45, 7) is 0. The fraction of sp³-hybridized carbons (Fsp3) is 0.182. The van der Waals surface area contributed by atoms with E-state index in [0.717, 1.165) is 18.2 Å². The minimum Gasteiger partial charge on any atom is -0.475 e. The second-order valence-corrected chi connectivity index (χ2v) is 6.17. The molecular formula is C11H9FO6S. The molecule has 19 heavy (non-hydrogen) atoms. The van der Waals surface area contributed by atoms with E-state index in [-0.39, 0.29) is 10.5 Å². The zero-order valence-electron chi connectivity index (χ0n) is 9.37. The normalized spacial score (nSPS) is 22.5. The number of carboxylic acid groups (broad SMARTS) is 1. The lowest BCUT2D eigenvalue weighted by atomic mass is 9.94. The number of rotatable bonds is 2. The topological polar surface area (TPSA) is 112 Å². The Kier molecular flexibility index (Phi) is 3.17. The molecule has 1 atom stereocenters. The van der Waals surface area contributed by atoms with Gasteiger partial charge in [0.1, 0.15) is 11.7 Å². The molecule has 1 aromatic carbocycles. The summed E-state index contributed by atoms with van der Waals surface area (Å²) in [5, 5.41) is 8.60. The highest BCUT2D eigenvalue weighted by Crippen LogP contribution is 2.54. The van der Waals surface area contributed by atoms with Crippen LogP contribution in [0.5, 0.6) is 0 Å². The number of carboxylic acids is 1. The molecule has 1 aromatic rings. The maximum Gasteiger partial charge on any atom is 0.373 e. The van der Waals surface area contributed by atoms with Crippen LogP contribution in [0.2, 0.25) is 0 Å². The summed E-state index contributed by atoms with van der Waals surface area (Å²) in [6, 6.07) is 2.76.